The summed E-state index contributed by atoms with van der Waals surface area (Å²) in [5, 5.41) is 4.19. The van der Waals surface area contributed by atoms with Crippen LogP contribution in [0.4, 0.5) is 0 Å². The summed E-state index contributed by atoms with van der Waals surface area (Å²) in [6, 6.07) is 5.03. The Morgan fingerprint density at radius 1 is 1.35 bits per heavy atom. The lowest BCUT2D eigenvalue weighted by molar-refractivity contribution is 0.0687. The maximum absolute atomic E-state index is 12.5. The molecule has 1 aliphatic heterocycles. The van der Waals surface area contributed by atoms with Crippen LogP contribution in [0.2, 0.25) is 10.0 Å². The summed E-state index contributed by atoms with van der Waals surface area (Å²) in [4.78, 5) is 14.3. The van der Waals surface area contributed by atoms with Crippen LogP contribution in [0.15, 0.2) is 18.2 Å². The van der Waals surface area contributed by atoms with Crippen LogP contribution < -0.4 is 5.32 Å². The Kier molecular flexibility index (Phi) is 5.70. The van der Waals surface area contributed by atoms with Gasteiger partial charge in [0, 0.05) is 18.1 Å². The predicted octanol–water partition coefficient (Wildman–Crippen LogP) is 3.46. The van der Waals surface area contributed by atoms with E-state index in [1.807, 2.05) is 11.9 Å². The van der Waals surface area contributed by atoms with Crippen molar-refractivity contribution in [2.45, 2.75) is 19.3 Å². The van der Waals surface area contributed by atoms with Gasteiger partial charge in [-0.25, -0.2) is 0 Å². The third-order valence-corrected chi connectivity index (χ3v) is 4.43. The van der Waals surface area contributed by atoms with E-state index in [-0.39, 0.29) is 5.91 Å². The number of benzene rings is 1. The number of hydrogen-bond donors (Lipinski definition) is 1. The number of piperidine rings is 1. The van der Waals surface area contributed by atoms with Crippen LogP contribution in [-0.4, -0.2) is 37.5 Å². The molecule has 0 radical (unpaired) electrons. The summed E-state index contributed by atoms with van der Waals surface area (Å²) in [6.07, 6.45) is 3.30. The van der Waals surface area contributed by atoms with Crippen molar-refractivity contribution in [3.8, 4) is 0 Å². The molecule has 2 rings (SSSR count). The van der Waals surface area contributed by atoms with Gasteiger partial charge >= 0.3 is 0 Å². The summed E-state index contributed by atoms with van der Waals surface area (Å²) < 4.78 is 0. The second kappa shape index (κ2) is 7.30. The number of likely N-dealkylation sites (tertiary alicyclic amines) is 1. The van der Waals surface area contributed by atoms with E-state index in [2.05, 4.69) is 5.32 Å². The van der Waals surface area contributed by atoms with Gasteiger partial charge in [0.25, 0.3) is 5.91 Å². The summed E-state index contributed by atoms with van der Waals surface area (Å²) in [7, 11) is 1.97. The van der Waals surface area contributed by atoms with Gasteiger partial charge in [0.2, 0.25) is 0 Å². The normalized spacial score (nSPS) is 16.4. The van der Waals surface area contributed by atoms with Gasteiger partial charge in [0.15, 0.2) is 0 Å². The molecule has 110 valence electrons. The summed E-state index contributed by atoms with van der Waals surface area (Å²) in [5.74, 6) is 0.700. The number of hydrogen-bond acceptors (Lipinski definition) is 2. The Balaban J connectivity index is 1.96. The number of nitrogens with one attached hydrogen (secondary N) is 1. The van der Waals surface area contributed by atoms with Crippen LogP contribution in [-0.2, 0) is 0 Å². The molecule has 0 spiro atoms. The average Bonchev–Trinajstić information content (AvgIpc) is 2.47. The Labute approximate surface area is 130 Å². The summed E-state index contributed by atoms with van der Waals surface area (Å²) in [5.41, 5.74) is 0.507. The third-order valence-electron chi connectivity index (χ3n) is 3.86. The molecule has 1 saturated heterocycles. The minimum atomic E-state index is -0.00966. The molecular weight excluding hydrogens is 295 g/mol. The lowest BCUT2D eigenvalue weighted by atomic mass is 9.93. The van der Waals surface area contributed by atoms with Crippen LogP contribution in [0, 0.1) is 5.92 Å². The van der Waals surface area contributed by atoms with Crippen molar-refractivity contribution >= 4 is 29.1 Å². The van der Waals surface area contributed by atoms with Gasteiger partial charge in [-0.1, -0.05) is 23.2 Å². The number of halogens is 2. The average molecular weight is 315 g/mol. The van der Waals surface area contributed by atoms with Crippen molar-refractivity contribution in [2.75, 3.05) is 26.7 Å². The van der Waals surface area contributed by atoms with Gasteiger partial charge in [0.05, 0.1) is 10.6 Å². The van der Waals surface area contributed by atoms with Crippen molar-refractivity contribution in [1.82, 2.24) is 10.2 Å². The minimum Gasteiger partial charge on any atom is -0.339 e. The van der Waals surface area contributed by atoms with Crippen LogP contribution in [0.1, 0.15) is 29.6 Å². The predicted molar refractivity (Wildman–Crippen MR) is 83.6 cm³/mol. The van der Waals surface area contributed by atoms with Gasteiger partial charge in [-0.15, -0.1) is 0 Å². The fraction of sp³-hybridized carbons (Fsp3) is 0.533. The smallest absolute Gasteiger partial charge is 0.255 e. The second-order valence-corrected chi connectivity index (χ2v) is 6.10. The Morgan fingerprint density at radius 3 is 2.70 bits per heavy atom. The molecule has 1 amide bonds. The topological polar surface area (TPSA) is 32.3 Å². The van der Waals surface area contributed by atoms with Gasteiger partial charge in [-0.3, -0.25) is 4.79 Å². The van der Waals surface area contributed by atoms with Crippen LogP contribution in [0.25, 0.3) is 0 Å². The highest BCUT2D eigenvalue weighted by Crippen LogP contribution is 2.25. The van der Waals surface area contributed by atoms with E-state index in [0.29, 0.717) is 21.5 Å². The third kappa shape index (κ3) is 3.87. The van der Waals surface area contributed by atoms with Gasteiger partial charge < -0.3 is 10.2 Å². The fourth-order valence-corrected chi connectivity index (χ4v) is 2.98. The molecular formula is C15H20Cl2N2O. The molecule has 0 aromatic heterocycles. The maximum Gasteiger partial charge on any atom is 0.255 e. The van der Waals surface area contributed by atoms with E-state index in [1.54, 1.807) is 18.2 Å². The van der Waals surface area contributed by atoms with Crippen molar-refractivity contribution in [3.05, 3.63) is 33.8 Å². The van der Waals surface area contributed by atoms with Crippen LogP contribution in [0.3, 0.4) is 0 Å². The molecule has 1 aromatic carbocycles. The van der Waals surface area contributed by atoms with Gasteiger partial charge in [-0.2, -0.15) is 0 Å². The van der Waals surface area contributed by atoms with Crippen LogP contribution in [0.5, 0.6) is 0 Å². The molecule has 1 heterocycles. The van der Waals surface area contributed by atoms with Crippen molar-refractivity contribution in [1.29, 1.82) is 0 Å². The highest BCUT2D eigenvalue weighted by atomic mass is 35.5. The van der Waals surface area contributed by atoms with Crippen molar-refractivity contribution < 1.29 is 4.79 Å². The molecule has 1 aromatic rings. The summed E-state index contributed by atoms with van der Waals surface area (Å²) in [6.45, 7) is 2.64. The highest BCUT2D eigenvalue weighted by Gasteiger charge is 2.24. The molecule has 0 unspecified atom stereocenters. The van der Waals surface area contributed by atoms with E-state index in [4.69, 9.17) is 23.2 Å². The van der Waals surface area contributed by atoms with E-state index < -0.39 is 0 Å². The summed E-state index contributed by atoms with van der Waals surface area (Å²) >= 11 is 12.0. The zero-order valence-corrected chi connectivity index (χ0v) is 13.2. The van der Waals surface area contributed by atoms with E-state index in [9.17, 15) is 4.79 Å². The minimum absolute atomic E-state index is 0.00966. The Hall–Kier alpha value is -0.770. The molecule has 0 aliphatic carbocycles. The molecule has 5 heteroatoms. The van der Waals surface area contributed by atoms with Gasteiger partial charge in [0.1, 0.15) is 0 Å². The van der Waals surface area contributed by atoms with E-state index >= 15 is 0 Å². The standard InChI is InChI=1S/C15H20Cl2N2O/c1-18-7-4-11-5-8-19(9-6-11)15(20)13-10-12(16)2-3-14(13)17/h2-3,10-11,18H,4-9H2,1H3. The van der Waals surface area contributed by atoms with Crippen LogP contribution >= 0.6 is 23.2 Å². The molecule has 0 atom stereocenters. The zero-order chi connectivity index (χ0) is 14.5. The number of nitrogens with zero attached hydrogens (tertiary/aromatic N) is 1. The Morgan fingerprint density at radius 2 is 2.05 bits per heavy atom. The fourth-order valence-electron chi connectivity index (χ4n) is 2.60. The molecule has 3 nitrogen and oxygen atoms in total. The largest absolute Gasteiger partial charge is 0.339 e. The number of carbonyl (C=O) groups is 1. The Bertz CT molecular complexity index is 471. The zero-order valence-electron chi connectivity index (χ0n) is 11.7. The molecule has 0 saturated carbocycles. The number of amides is 1. The van der Waals surface area contributed by atoms with E-state index in [1.165, 1.54) is 6.42 Å². The quantitative estimate of drug-likeness (QED) is 0.923. The highest BCUT2D eigenvalue weighted by molar-refractivity contribution is 6.35. The number of rotatable bonds is 4. The molecule has 0 bridgehead atoms. The molecule has 1 fully saturated rings. The lowest BCUT2D eigenvalue weighted by Gasteiger charge is -2.32. The monoisotopic (exact) mass is 314 g/mol. The maximum atomic E-state index is 12.5. The first-order chi connectivity index (χ1) is 9.61. The second-order valence-electron chi connectivity index (χ2n) is 5.25. The molecule has 1 aliphatic rings. The van der Waals surface area contributed by atoms with E-state index in [0.717, 1.165) is 32.5 Å². The first kappa shape index (κ1) is 15.6. The number of carbonyl (C=O) groups excluding carboxylic acids is 1. The SMILES string of the molecule is CNCCC1CCN(C(=O)c2cc(Cl)ccc2Cl)CC1. The lowest BCUT2D eigenvalue weighted by Crippen LogP contribution is -2.39. The molecule has 20 heavy (non-hydrogen) atoms. The first-order valence-electron chi connectivity index (χ1n) is 7.00. The molecule has 1 N–H and O–H groups in total. The first-order valence-corrected chi connectivity index (χ1v) is 7.76. The van der Waals surface area contributed by atoms with Crippen molar-refractivity contribution in [2.24, 2.45) is 5.92 Å². The van der Waals surface area contributed by atoms with Crippen molar-refractivity contribution in [3.63, 3.8) is 0 Å². The van der Waals surface area contributed by atoms with Gasteiger partial charge in [-0.05, 0) is 57.0 Å².